The van der Waals surface area contributed by atoms with Crippen LogP contribution in [0.15, 0.2) is 36.4 Å². The number of thiophene rings is 1. The summed E-state index contributed by atoms with van der Waals surface area (Å²) in [6.45, 7) is 2.33. The van der Waals surface area contributed by atoms with Crippen molar-refractivity contribution in [2.45, 2.75) is 56.9 Å². The van der Waals surface area contributed by atoms with E-state index in [0.717, 1.165) is 19.3 Å². The highest BCUT2D eigenvalue weighted by atomic mass is 32.1. The Morgan fingerprint density at radius 1 is 1.22 bits per heavy atom. The minimum absolute atomic E-state index is 0.0982. The van der Waals surface area contributed by atoms with E-state index in [2.05, 4.69) is 43.3 Å². The first-order valence-electron chi connectivity index (χ1n) is 8.72. The summed E-state index contributed by atoms with van der Waals surface area (Å²) in [5, 5.41) is 9.44. The number of unbranched alkanes of at least 4 members (excludes halogenated alkanes) is 1. The summed E-state index contributed by atoms with van der Waals surface area (Å²) in [5.74, 6) is 0.509. The molecule has 2 atom stereocenters. The van der Waals surface area contributed by atoms with Crippen molar-refractivity contribution in [3.8, 4) is 10.4 Å². The maximum atomic E-state index is 9.44. The second-order valence-corrected chi connectivity index (χ2v) is 8.08. The number of aryl methyl sites for hydroxylation is 1. The van der Waals surface area contributed by atoms with Crippen LogP contribution in [0.25, 0.3) is 10.4 Å². The fourth-order valence-corrected chi connectivity index (χ4v) is 4.63. The van der Waals surface area contributed by atoms with Gasteiger partial charge in [-0.1, -0.05) is 37.6 Å². The molecule has 1 heterocycles. The van der Waals surface area contributed by atoms with Crippen LogP contribution < -0.4 is 5.73 Å². The SMILES string of the molecule is CCCCc1ccc(-c2ccc([C@H]3CC[C@](N)(CO)C3)s2)cc1. The monoisotopic (exact) mass is 329 g/mol. The lowest BCUT2D eigenvalue weighted by Gasteiger charge is -2.20. The third-order valence-corrected chi connectivity index (χ3v) is 6.34. The molecule has 0 amide bonds. The fraction of sp³-hybridized carbons (Fsp3) is 0.500. The molecule has 1 aromatic heterocycles. The smallest absolute Gasteiger partial charge is 0.0611 e. The van der Waals surface area contributed by atoms with Gasteiger partial charge in [0.25, 0.3) is 0 Å². The van der Waals surface area contributed by atoms with Crippen LogP contribution in [-0.4, -0.2) is 17.3 Å². The van der Waals surface area contributed by atoms with Gasteiger partial charge < -0.3 is 10.8 Å². The Morgan fingerprint density at radius 3 is 2.65 bits per heavy atom. The van der Waals surface area contributed by atoms with E-state index in [1.165, 1.54) is 40.1 Å². The van der Waals surface area contributed by atoms with Gasteiger partial charge in [0.2, 0.25) is 0 Å². The maximum Gasteiger partial charge on any atom is 0.0611 e. The summed E-state index contributed by atoms with van der Waals surface area (Å²) in [7, 11) is 0. The van der Waals surface area contributed by atoms with Crippen molar-refractivity contribution in [3.63, 3.8) is 0 Å². The molecule has 1 fully saturated rings. The molecule has 0 saturated heterocycles. The van der Waals surface area contributed by atoms with Gasteiger partial charge in [-0.2, -0.15) is 0 Å². The Morgan fingerprint density at radius 2 is 2.00 bits per heavy atom. The van der Waals surface area contributed by atoms with Gasteiger partial charge >= 0.3 is 0 Å². The first kappa shape index (κ1) is 16.7. The molecule has 1 aliphatic carbocycles. The van der Waals surface area contributed by atoms with E-state index < -0.39 is 0 Å². The van der Waals surface area contributed by atoms with Gasteiger partial charge in [0.05, 0.1) is 6.61 Å². The fourth-order valence-electron chi connectivity index (χ4n) is 3.49. The standard InChI is InChI=1S/C20H27NOS/c1-2-3-4-15-5-7-16(8-6-15)18-9-10-19(23-18)17-11-12-20(21,13-17)14-22/h5-10,17,22H,2-4,11-14,21H2,1H3/t17-,20+/m0/s1. The zero-order valence-electron chi connectivity index (χ0n) is 13.9. The highest BCUT2D eigenvalue weighted by Crippen LogP contribution is 2.43. The number of hydrogen-bond donors (Lipinski definition) is 2. The zero-order chi connectivity index (χ0) is 16.3. The lowest BCUT2D eigenvalue weighted by Crippen LogP contribution is -2.40. The molecular formula is C20H27NOS. The highest BCUT2D eigenvalue weighted by Gasteiger charge is 2.36. The van der Waals surface area contributed by atoms with Gasteiger partial charge in [-0.25, -0.2) is 0 Å². The van der Waals surface area contributed by atoms with Crippen LogP contribution in [0.5, 0.6) is 0 Å². The third kappa shape index (κ3) is 3.85. The van der Waals surface area contributed by atoms with Crippen LogP contribution >= 0.6 is 11.3 Å². The minimum atomic E-state index is -0.365. The number of hydrogen-bond acceptors (Lipinski definition) is 3. The third-order valence-electron chi connectivity index (χ3n) is 5.05. The Bertz CT molecular complexity index is 633. The average molecular weight is 330 g/mol. The van der Waals surface area contributed by atoms with Crippen LogP contribution in [0.3, 0.4) is 0 Å². The first-order chi connectivity index (χ1) is 11.1. The molecule has 2 aromatic rings. The van der Waals surface area contributed by atoms with Crippen molar-refractivity contribution in [1.82, 2.24) is 0 Å². The summed E-state index contributed by atoms with van der Waals surface area (Å²) < 4.78 is 0. The topological polar surface area (TPSA) is 46.2 Å². The van der Waals surface area contributed by atoms with E-state index >= 15 is 0 Å². The average Bonchev–Trinajstić information content (AvgIpc) is 3.21. The maximum absolute atomic E-state index is 9.44. The van der Waals surface area contributed by atoms with Crippen LogP contribution in [0.2, 0.25) is 0 Å². The first-order valence-corrected chi connectivity index (χ1v) is 9.54. The molecular weight excluding hydrogens is 302 g/mol. The molecule has 1 aliphatic rings. The molecule has 3 heteroatoms. The van der Waals surface area contributed by atoms with Crippen molar-refractivity contribution in [3.05, 3.63) is 46.8 Å². The van der Waals surface area contributed by atoms with Gasteiger partial charge in [0.1, 0.15) is 0 Å². The van der Waals surface area contributed by atoms with E-state index in [-0.39, 0.29) is 12.1 Å². The van der Waals surface area contributed by atoms with Crippen molar-refractivity contribution < 1.29 is 5.11 Å². The summed E-state index contributed by atoms with van der Waals surface area (Å²) in [6.07, 6.45) is 6.60. The van der Waals surface area contributed by atoms with Gasteiger partial charge in [0, 0.05) is 15.3 Å². The van der Waals surface area contributed by atoms with Crippen LogP contribution in [-0.2, 0) is 6.42 Å². The largest absolute Gasteiger partial charge is 0.394 e. The lowest BCUT2D eigenvalue weighted by atomic mass is 9.98. The Kier molecular flexibility index (Phi) is 5.20. The van der Waals surface area contributed by atoms with E-state index in [1.807, 2.05) is 11.3 Å². The molecule has 23 heavy (non-hydrogen) atoms. The molecule has 2 nitrogen and oxygen atoms in total. The van der Waals surface area contributed by atoms with Gasteiger partial charge in [-0.15, -0.1) is 11.3 Å². The van der Waals surface area contributed by atoms with E-state index in [9.17, 15) is 5.11 Å². The molecule has 3 rings (SSSR count). The minimum Gasteiger partial charge on any atom is -0.394 e. The molecule has 3 N–H and O–H groups in total. The molecule has 0 spiro atoms. The summed E-state index contributed by atoms with van der Waals surface area (Å²) in [4.78, 5) is 2.75. The van der Waals surface area contributed by atoms with E-state index in [1.54, 1.807) is 0 Å². The highest BCUT2D eigenvalue weighted by molar-refractivity contribution is 7.15. The van der Waals surface area contributed by atoms with Crippen molar-refractivity contribution in [2.75, 3.05) is 6.61 Å². The van der Waals surface area contributed by atoms with Crippen LogP contribution in [0.1, 0.15) is 55.4 Å². The van der Waals surface area contributed by atoms with Gasteiger partial charge in [-0.3, -0.25) is 0 Å². The van der Waals surface area contributed by atoms with E-state index in [4.69, 9.17) is 5.73 Å². The number of nitrogens with two attached hydrogens (primary N) is 1. The van der Waals surface area contributed by atoms with E-state index in [0.29, 0.717) is 5.92 Å². The van der Waals surface area contributed by atoms with Gasteiger partial charge in [-0.05, 0) is 61.3 Å². The molecule has 1 aromatic carbocycles. The molecule has 0 unspecified atom stereocenters. The number of benzene rings is 1. The summed E-state index contributed by atoms with van der Waals surface area (Å²) >= 11 is 1.88. The molecule has 1 saturated carbocycles. The van der Waals surface area contributed by atoms with Crippen molar-refractivity contribution >= 4 is 11.3 Å². The van der Waals surface area contributed by atoms with Crippen molar-refractivity contribution in [1.29, 1.82) is 0 Å². The molecule has 0 aliphatic heterocycles. The second-order valence-electron chi connectivity index (χ2n) is 6.96. The predicted molar refractivity (Wildman–Crippen MR) is 99.0 cm³/mol. The zero-order valence-corrected chi connectivity index (χ0v) is 14.7. The molecule has 0 bridgehead atoms. The summed E-state index contributed by atoms with van der Waals surface area (Å²) in [5.41, 5.74) is 8.59. The quantitative estimate of drug-likeness (QED) is 0.806. The molecule has 0 radical (unpaired) electrons. The van der Waals surface area contributed by atoms with Crippen LogP contribution in [0, 0.1) is 0 Å². The number of aliphatic hydroxyl groups excluding tert-OH is 1. The number of aliphatic hydroxyl groups is 1. The lowest BCUT2D eigenvalue weighted by molar-refractivity contribution is 0.198. The van der Waals surface area contributed by atoms with Gasteiger partial charge in [0.15, 0.2) is 0 Å². The Labute approximate surface area is 143 Å². The predicted octanol–water partition coefficient (Wildman–Crippen LogP) is 4.72. The Balaban J connectivity index is 1.70. The van der Waals surface area contributed by atoms with Crippen LogP contribution in [0.4, 0.5) is 0 Å². The normalized spacial score (nSPS) is 24.2. The Hall–Kier alpha value is -1.16. The second kappa shape index (κ2) is 7.16. The number of rotatable bonds is 6. The molecule has 124 valence electrons. The van der Waals surface area contributed by atoms with Crippen molar-refractivity contribution in [2.24, 2.45) is 5.73 Å². The summed E-state index contributed by atoms with van der Waals surface area (Å²) in [6, 6.07) is 13.5.